The highest BCUT2D eigenvalue weighted by Gasteiger charge is 2.47. The lowest BCUT2D eigenvalue weighted by Gasteiger charge is -2.54. The number of ether oxygens (including phenoxy) is 2. The van der Waals surface area contributed by atoms with Crippen molar-refractivity contribution in [3.8, 4) is 11.5 Å². The van der Waals surface area contributed by atoms with Gasteiger partial charge in [0.1, 0.15) is 5.69 Å². The molecule has 1 aliphatic carbocycles. The Balaban J connectivity index is 1.32. The number of nitrogens with zero attached hydrogens (tertiary/aromatic N) is 2. The molecule has 0 radical (unpaired) electrons. The van der Waals surface area contributed by atoms with Gasteiger partial charge in [-0.25, -0.2) is 0 Å². The maximum absolute atomic E-state index is 13.8. The second kappa shape index (κ2) is 7.84. The highest BCUT2D eigenvalue weighted by atomic mass is 16.5. The molecule has 1 amide bonds. The molecule has 32 heavy (non-hydrogen) atoms. The normalized spacial score (nSPS) is 29.8. The highest BCUT2D eigenvalue weighted by molar-refractivity contribution is 5.99. The zero-order chi connectivity index (χ0) is 21.8. The number of nitrogens with one attached hydrogen (secondary N) is 1. The molecule has 1 aromatic carbocycles. The molecule has 1 N–H and O–H groups in total. The predicted molar refractivity (Wildman–Crippen MR) is 124 cm³/mol. The topological polar surface area (TPSA) is 57.8 Å². The van der Waals surface area contributed by atoms with E-state index in [1.54, 1.807) is 14.2 Å². The third kappa shape index (κ3) is 3.14. The summed E-state index contributed by atoms with van der Waals surface area (Å²) in [5.41, 5.74) is 3.08. The van der Waals surface area contributed by atoms with E-state index in [2.05, 4.69) is 20.9 Å². The van der Waals surface area contributed by atoms with E-state index in [4.69, 9.17) is 9.47 Å². The first-order valence-electron chi connectivity index (χ1n) is 12.2. The Morgan fingerprint density at radius 1 is 1.06 bits per heavy atom. The van der Waals surface area contributed by atoms with E-state index in [0.717, 1.165) is 42.9 Å². The van der Waals surface area contributed by atoms with Crippen LogP contribution in [0.1, 0.15) is 49.0 Å². The number of likely N-dealkylation sites (tertiary alicyclic amines) is 1. The fourth-order valence-electron chi connectivity index (χ4n) is 6.93. The number of hydrogen-bond donors (Lipinski definition) is 1. The highest BCUT2D eigenvalue weighted by Crippen LogP contribution is 2.45. The van der Waals surface area contributed by atoms with Crippen molar-refractivity contribution in [2.24, 2.45) is 11.8 Å². The first kappa shape index (κ1) is 20.2. The molecule has 6 rings (SSSR count). The van der Waals surface area contributed by atoms with Gasteiger partial charge < -0.3 is 19.4 Å². The Bertz CT molecular complexity index is 1030. The van der Waals surface area contributed by atoms with Gasteiger partial charge in [-0.3, -0.25) is 9.69 Å². The van der Waals surface area contributed by atoms with Crippen LogP contribution in [0.5, 0.6) is 11.5 Å². The number of methoxy groups -OCH3 is 2. The van der Waals surface area contributed by atoms with Gasteiger partial charge in [-0.15, -0.1) is 0 Å². The third-order valence-electron chi connectivity index (χ3n) is 8.27. The molecule has 3 fully saturated rings. The lowest BCUT2D eigenvalue weighted by atomic mass is 9.68. The minimum atomic E-state index is 0.119. The van der Waals surface area contributed by atoms with Crippen LogP contribution in [-0.2, 0) is 0 Å². The summed E-state index contributed by atoms with van der Waals surface area (Å²) in [5.74, 6) is 2.71. The molecule has 6 heteroatoms. The van der Waals surface area contributed by atoms with E-state index in [1.165, 1.54) is 37.8 Å². The number of amides is 1. The fraction of sp³-hybridized carbons (Fsp3) is 0.577. The molecule has 0 saturated carbocycles. The van der Waals surface area contributed by atoms with Crippen molar-refractivity contribution < 1.29 is 14.3 Å². The number of carbonyl (C=O) groups excluding carboxylic acids is 1. The van der Waals surface area contributed by atoms with Gasteiger partial charge in [-0.05, 0) is 62.6 Å². The summed E-state index contributed by atoms with van der Waals surface area (Å²) in [6.45, 7) is 3.22. The Labute approximate surface area is 189 Å². The summed E-state index contributed by atoms with van der Waals surface area (Å²) in [4.78, 5) is 22.0. The van der Waals surface area contributed by atoms with Crippen molar-refractivity contribution in [3.05, 3.63) is 35.5 Å². The van der Waals surface area contributed by atoms with Crippen molar-refractivity contribution in [1.29, 1.82) is 0 Å². The van der Waals surface area contributed by atoms with Gasteiger partial charge >= 0.3 is 0 Å². The van der Waals surface area contributed by atoms with E-state index in [9.17, 15) is 4.79 Å². The zero-order valence-electron chi connectivity index (χ0n) is 19.1. The Kier molecular flexibility index (Phi) is 4.94. The second-order valence-electron chi connectivity index (χ2n) is 9.98. The molecule has 1 aromatic heterocycles. The SMILES string of the molecule is COc1cc2cc(C(=O)N3CCCC4=C[C@H]5C[C@@H](CN6CCCC[C@@H]56)[C@H]43)[nH]c2cc1OC. The summed E-state index contributed by atoms with van der Waals surface area (Å²) in [5, 5.41) is 0.969. The number of hydrogen-bond acceptors (Lipinski definition) is 4. The van der Waals surface area contributed by atoms with Gasteiger partial charge in [0, 0.05) is 36.1 Å². The van der Waals surface area contributed by atoms with Gasteiger partial charge in [-0.1, -0.05) is 18.1 Å². The van der Waals surface area contributed by atoms with Crippen LogP contribution in [0.4, 0.5) is 0 Å². The lowest BCUT2D eigenvalue weighted by Crippen LogP contribution is -2.60. The minimum Gasteiger partial charge on any atom is -0.493 e. The van der Waals surface area contributed by atoms with Crippen LogP contribution >= 0.6 is 0 Å². The number of carbonyl (C=O) groups is 1. The molecular weight excluding hydrogens is 402 g/mol. The molecule has 2 aromatic rings. The number of aromatic amines is 1. The average Bonchev–Trinajstić information content (AvgIpc) is 3.25. The largest absolute Gasteiger partial charge is 0.493 e. The third-order valence-corrected chi connectivity index (χ3v) is 8.27. The molecular formula is C26H33N3O3. The van der Waals surface area contributed by atoms with Crippen LogP contribution in [0.15, 0.2) is 29.8 Å². The van der Waals surface area contributed by atoms with Crippen LogP contribution in [0.2, 0.25) is 0 Å². The summed E-state index contributed by atoms with van der Waals surface area (Å²) in [6.07, 6.45) is 10.1. The van der Waals surface area contributed by atoms with Gasteiger partial charge in [0.05, 0.1) is 20.3 Å². The molecule has 4 aliphatic rings. The molecule has 0 spiro atoms. The number of H-pyrrole nitrogens is 1. The minimum absolute atomic E-state index is 0.119. The second-order valence-corrected chi connectivity index (χ2v) is 9.98. The van der Waals surface area contributed by atoms with Gasteiger partial charge in [0.2, 0.25) is 0 Å². The number of benzene rings is 1. The molecule has 6 nitrogen and oxygen atoms in total. The molecule has 4 heterocycles. The number of aromatic nitrogens is 1. The quantitative estimate of drug-likeness (QED) is 0.734. The van der Waals surface area contributed by atoms with E-state index in [0.29, 0.717) is 29.0 Å². The number of rotatable bonds is 3. The van der Waals surface area contributed by atoms with Crippen LogP contribution in [-0.4, -0.2) is 66.6 Å². The first-order chi connectivity index (χ1) is 15.7. The molecule has 2 bridgehead atoms. The van der Waals surface area contributed by atoms with E-state index in [-0.39, 0.29) is 11.9 Å². The van der Waals surface area contributed by atoms with Crippen LogP contribution in [0.25, 0.3) is 10.9 Å². The monoisotopic (exact) mass is 435 g/mol. The average molecular weight is 436 g/mol. The van der Waals surface area contributed by atoms with Crippen molar-refractivity contribution in [3.63, 3.8) is 0 Å². The zero-order valence-corrected chi connectivity index (χ0v) is 19.1. The molecule has 3 saturated heterocycles. The van der Waals surface area contributed by atoms with E-state index in [1.807, 2.05) is 18.2 Å². The Morgan fingerprint density at radius 3 is 2.75 bits per heavy atom. The maximum Gasteiger partial charge on any atom is 0.270 e. The standard InChI is InChI=1S/C26H33N3O3/c1-31-23-13-17-12-21(27-20(17)14-24(23)32-2)26(30)29-9-5-6-16-10-18-11-19(25(16)29)15-28-8-4-3-7-22(18)28/h10,12-14,18-19,22,25,27H,3-9,11,15H2,1-2H3/t18-,19-,22-,25-/m0/s1. The summed E-state index contributed by atoms with van der Waals surface area (Å²) in [6, 6.07) is 6.80. The number of piperidine rings is 3. The summed E-state index contributed by atoms with van der Waals surface area (Å²) in [7, 11) is 3.27. The summed E-state index contributed by atoms with van der Waals surface area (Å²) < 4.78 is 10.9. The molecule has 3 aliphatic heterocycles. The Hall–Kier alpha value is -2.47. The van der Waals surface area contributed by atoms with Gasteiger partial charge in [0.15, 0.2) is 11.5 Å². The van der Waals surface area contributed by atoms with Gasteiger partial charge in [-0.2, -0.15) is 0 Å². The smallest absolute Gasteiger partial charge is 0.270 e. The number of fused-ring (bicyclic) bond motifs is 7. The van der Waals surface area contributed by atoms with Crippen molar-refractivity contribution >= 4 is 16.8 Å². The molecule has 170 valence electrons. The molecule has 0 unspecified atom stereocenters. The lowest BCUT2D eigenvalue weighted by molar-refractivity contribution is 0.00134. The van der Waals surface area contributed by atoms with E-state index >= 15 is 0 Å². The first-order valence-corrected chi connectivity index (χ1v) is 12.2. The Morgan fingerprint density at radius 2 is 1.91 bits per heavy atom. The van der Waals surface area contributed by atoms with Gasteiger partial charge in [0.25, 0.3) is 5.91 Å². The van der Waals surface area contributed by atoms with Crippen LogP contribution in [0.3, 0.4) is 0 Å². The van der Waals surface area contributed by atoms with Crippen molar-refractivity contribution in [1.82, 2.24) is 14.8 Å². The fourth-order valence-corrected chi connectivity index (χ4v) is 6.93. The van der Waals surface area contributed by atoms with Crippen molar-refractivity contribution in [2.45, 2.75) is 50.6 Å². The van der Waals surface area contributed by atoms with Crippen LogP contribution in [0, 0.1) is 11.8 Å². The summed E-state index contributed by atoms with van der Waals surface area (Å²) >= 11 is 0. The van der Waals surface area contributed by atoms with Crippen molar-refractivity contribution in [2.75, 3.05) is 33.9 Å². The van der Waals surface area contributed by atoms with Crippen LogP contribution < -0.4 is 9.47 Å². The maximum atomic E-state index is 13.8. The van der Waals surface area contributed by atoms with E-state index < -0.39 is 0 Å². The molecule has 4 atom stereocenters. The predicted octanol–water partition coefficient (Wildman–Crippen LogP) is 4.22.